The van der Waals surface area contributed by atoms with Gasteiger partial charge in [-0.1, -0.05) is 16.8 Å². The molecule has 0 aromatic carbocycles. The lowest BCUT2D eigenvalue weighted by Crippen LogP contribution is -2.23. The number of aromatic nitrogens is 3. The predicted molar refractivity (Wildman–Crippen MR) is 59.1 cm³/mol. The molecule has 2 aromatic heterocycles. The molecule has 0 aliphatic heterocycles. The van der Waals surface area contributed by atoms with Crippen LogP contribution in [0.5, 0.6) is 0 Å². The van der Waals surface area contributed by atoms with Gasteiger partial charge in [0.2, 0.25) is 6.39 Å². The Labute approximate surface area is 101 Å². The van der Waals surface area contributed by atoms with Crippen LogP contribution in [0.25, 0.3) is 0 Å². The summed E-state index contributed by atoms with van der Waals surface area (Å²) in [6.45, 7) is 0.162. The second kappa shape index (κ2) is 4.79. The van der Waals surface area contributed by atoms with E-state index in [0.29, 0.717) is 11.4 Å². The number of carbonyl (C=O) groups excluding carboxylic acids is 1. The molecule has 0 fully saturated rings. The summed E-state index contributed by atoms with van der Waals surface area (Å²) in [6, 6.07) is 2.85. The summed E-state index contributed by atoms with van der Waals surface area (Å²) >= 11 is 5.68. The molecule has 88 valence electrons. The van der Waals surface area contributed by atoms with Crippen molar-refractivity contribution in [3.8, 4) is 0 Å². The summed E-state index contributed by atoms with van der Waals surface area (Å²) in [5.74, 6) is 0.222. The van der Waals surface area contributed by atoms with E-state index < -0.39 is 0 Å². The maximum Gasteiger partial charge on any atom is 0.251 e. The van der Waals surface area contributed by atoms with Gasteiger partial charge in [-0.15, -0.1) is 0 Å². The molecule has 0 spiro atoms. The van der Waals surface area contributed by atoms with Crippen LogP contribution in [0.1, 0.15) is 16.2 Å². The highest BCUT2D eigenvalue weighted by Gasteiger charge is 2.09. The van der Waals surface area contributed by atoms with E-state index in [-0.39, 0.29) is 23.4 Å². The molecule has 1 amide bonds. The monoisotopic (exact) mass is 253 g/mol. The van der Waals surface area contributed by atoms with Gasteiger partial charge in [-0.05, 0) is 12.1 Å². The lowest BCUT2D eigenvalue weighted by Gasteiger charge is -2.03. The number of nitrogen functional groups attached to an aromatic ring is 1. The number of hydrogen-bond donors (Lipinski definition) is 2. The van der Waals surface area contributed by atoms with Crippen LogP contribution >= 0.6 is 11.6 Å². The molecule has 2 aromatic rings. The molecule has 0 aliphatic carbocycles. The highest BCUT2D eigenvalue weighted by molar-refractivity contribution is 6.29. The lowest BCUT2D eigenvalue weighted by atomic mass is 10.2. The van der Waals surface area contributed by atoms with E-state index in [0.717, 1.165) is 0 Å². The average molecular weight is 254 g/mol. The highest BCUT2D eigenvalue weighted by atomic mass is 35.5. The van der Waals surface area contributed by atoms with Gasteiger partial charge in [0.15, 0.2) is 5.82 Å². The molecule has 0 bridgehead atoms. The van der Waals surface area contributed by atoms with Gasteiger partial charge in [0.1, 0.15) is 11.0 Å². The summed E-state index contributed by atoms with van der Waals surface area (Å²) in [7, 11) is 0. The summed E-state index contributed by atoms with van der Waals surface area (Å²) < 4.78 is 4.53. The standard InChI is InChI=1S/C9H8ClN5O2/c10-6-1-5(2-7(11)14-6)9(16)12-3-8-13-4-17-15-8/h1-2,4H,3H2,(H2,11,14)(H,12,16). The van der Waals surface area contributed by atoms with Crippen molar-refractivity contribution in [2.75, 3.05) is 5.73 Å². The Morgan fingerprint density at radius 3 is 3.00 bits per heavy atom. The molecule has 0 atom stereocenters. The van der Waals surface area contributed by atoms with E-state index in [1.54, 1.807) is 0 Å². The Kier molecular flexibility index (Phi) is 3.20. The first kappa shape index (κ1) is 11.3. The van der Waals surface area contributed by atoms with Crippen LogP contribution in [0.15, 0.2) is 23.0 Å². The largest absolute Gasteiger partial charge is 0.384 e. The van der Waals surface area contributed by atoms with Crippen molar-refractivity contribution in [2.45, 2.75) is 6.54 Å². The number of nitrogens with zero attached hydrogens (tertiary/aromatic N) is 3. The van der Waals surface area contributed by atoms with Gasteiger partial charge in [0, 0.05) is 5.56 Å². The SMILES string of the molecule is Nc1cc(C(=O)NCc2ncon2)cc(Cl)n1. The number of halogens is 1. The average Bonchev–Trinajstić information content (AvgIpc) is 2.77. The van der Waals surface area contributed by atoms with Gasteiger partial charge >= 0.3 is 0 Å². The minimum Gasteiger partial charge on any atom is -0.384 e. The summed E-state index contributed by atoms with van der Waals surface area (Å²) in [4.78, 5) is 19.2. The van der Waals surface area contributed by atoms with Crippen molar-refractivity contribution in [1.82, 2.24) is 20.4 Å². The van der Waals surface area contributed by atoms with E-state index in [4.69, 9.17) is 17.3 Å². The molecular weight excluding hydrogens is 246 g/mol. The van der Waals surface area contributed by atoms with Crippen molar-refractivity contribution in [3.63, 3.8) is 0 Å². The summed E-state index contributed by atoms with van der Waals surface area (Å²) in [5, 5.41) is 6.30. The first-order valence-electron chi connectivity index (χ1n) is 4.61. The number of nitrogens with two attached hydrogens (primary N) is 1. The fourth-order valence-electron chi connectivity index (χ4n) is 1.18. The third-order valence-corrected chi connectivity index (χ3v) is 2.08. The van der Waals surface area contributed by atoms with Crippen LogP contribution in [0.3, 0.4) is 0 Å². The summed E-state index contributed by atoms with van der Waals surface area (Å²) in [5.41, 5.74) is 5.80. The van der Waals surface area contributed by atoms with Crippen LogP contribution in [-0.4, -0.2) is 21.0 Å². The summed E-state index contributed by atoms with van der Waals surface area (Å²) in [6.07, 6.45) is 1.18. The van der Waals surface area contributed by atoms with E-state index >= 15 is 0 Å². The maximum absolute atomic E-state index is 11.7. The molecule has 3 N–H and O–H groups in total. The number of rotatable bonds is 3. The Morgan fingerprint density at radius 2 is 2.35 bits per heavy atom. The third kappa shape index (κ3) is 2.91. The van der Waals surface area contributed by atoms with Crippen molar-refractivity contribution in [2.24, 2.45) is 0 Å². The van der Waals surface area contributed by atoms with Gasteiger partial charge < -0.3 is 15.6 Å². The van der Waals surface area contributed by atoms with Gasteiger partial charge in [-0.3, -0.25) is 4.79 Å². The predicted octanol–water partition coefficient (Wildman–Crippen LogP) is 0.630. The topological polar surface area (TPSA) is 107 Å². The second-order valence-corrected chi connectivity index (χ2v) is 3.52. The number of amides is 1. The number of pyridine rings is 1. The first-order valence-corrected chi connectivity index (χ1v) is 4.99. The number of anilines is 1. The van der Waals surface area contributed by atoms with Crippen LogP contribution in [0.4, 0.5) is 5.82 Å². The van der Waals surface area contributed by atoms with Crippen LogP contribution in [0.2, 0.25) is 5.15 Å². The third-order valence-electron chi connectivity index (χ3n) is 1.89. The van der Waals surface area contributed by atoms with Gasteiger partial charge in [0.25, 0.3) is 5.91 Å². The molecule has 2 rings (SSSR count). The van der Waals surface area contributed by atoms with Gasteiger partial charge in [-0.25, -0.2) is 4.98 Å². The molecule has 2 heterocycles. The van der Waals surface area contributed by atoms with Crippen molar-refractivity contribution in [3.05, 3.63) is 35.1 Å². The molecule has 8 heteroatoms. The fourth-order valence-corrected chi connectivity index (χ4v) is 1.40. The van der Waals surface area contributed by atoms with Crippen LogP contribution in [-0.2, 0) is 6.54 Å². The normalized spacial score (nSPS) is 10.2. The second-order valence-electron chi connectivity index (χ2n) is 3.13. The smallest absolute Gasteiger partial charge is 0.251 e. The van der Waals surface area contributed by atoms with Crippen molar-refractivity contribution < 1.29 is 9.32 Å². The molecule has 0 aliphatic rings. The number of carbonyl (C=O) groups is 1. The molecular formula is C9H8ClN5O2. The Morgan fingerprint density at radius 1 is 1.53 bits per heavy atom. The Balaban J connectivity index is 2.04. The zero-order chi connectivity index (χ0) is 12.3. The molecule has 7 nitrogen and oxygen atoms in total. The van der Waals surface area contributed by atoms with E-state index in [1.165, 1.54) is 18.5 Å². The Hall–Kier alpha value is -2.15. The fraction of sp³-hybridized carbons (Fsp3) is 0.111. The number of nitrogens with one attached hydrogen (secondary N) is 1. The maximum atomic E-state index is 11.7. The number of hydrogen-bond acceptors (Lipinski definition) is 6. The molecule has 0 saturated heterocycles. The molecule has 0 radical (unpaired) electrons. The van der Waals surface area contributed by atoms with Crippen LogP contribution in [0, 0.1) is 0 Å². The van der Waals surface area contributed by atoms with E-state index in [9.17, 15) is 4.79 Å². The quantitative estimate of drug-likeness (QED) is 0.777. The van der Waals surface area contributed by atoms with Gasteiger partial charge in [0.05, 0.1) is 6.54 Å². The minimum atomic E-state index is -0.342. The van der Waals surface area contributed by atoms with E-state index in [2.05, 4.69) is 25.0 Å². The molecule has 17 heavy (non-hydrogen) atoms. The van der Waals surface area contributed by atoms with Crippen LogP contribution < -0.4 is 11.1 Å². The first-order chi connectivity index (χ1) is 8.15. The lowest BCUT2D eigenvalue weighted by molar-refractivity contribution is 0.0949. The minimum absolute atomic E-state index is 0.162. The van der Waals surface area contributed by atoms with Crippen molar-refractivity contribution >= 4 is 23.3 Å². The Bertz CT molecular complexity index is 508. The van der Waals surface area contributed by atoms with E-state index in [1.807, 2.05) is 0 Å². The van der Waals surface area contributed by atoms with Gasteiger partial charge in [-0.2, -0.15) is 4.98 Å². The molecule has 0 saturated carbocycles. The van der Waals surface area contributed by atoms with Crippen molar-refractivity contribution in [1.29, 1.82) is 0 Å². The zero-order valence-electron chi connectivity index (χ0n) is 8.55. The zero-order valence-corrected chi connectivity index (χ0v) is 9.31. The highest BCUT2D eigenvalue weighted by Crippen LogP contribution is 2.11. The molecule has 0 unspecified atom stereocenters.